The van der Waals surface area contributed by atoms with Crippen LogP contribution in [-0.2, 0) is 6.54 Å². The molecular formula is C20H26N4O2. The molecule has 0 aromatic carbocycles. The number of aromatic nitrogens is 2. The minimum absolute atomic E-state index is 0.0287. The van der Waals surface area contributed by atoms with Crippen LogP contribution in [-0.4, -0.2) is 51.9 Å². The number of amides is 1. The van der Waals surface area contributed by atoms with Gasteiger partial charge in [-0.1, -0.05) is 6.07 Å². The van der Waals surface area contributed by atoms with Crippen LogP contribution in [0.2, 0.25) is 0 Å². The Morgan fingerprint density at radius 2 is 2.08 bits per heavy atom. The Morgan fingerprint density at radius 1 is 1.23 bits per heavy atom. The highest BCUT2D eigenvalue weighted by molar-refractivity contribution is 5.91. The molecular weight excluding hydrogens is 328 g/mol. The summed E-state index contributed by atoms with van der Waals surface area (Å²) in [5.74, 6) is 0.317. The van der Waals surface area contributed by atoms with Crippen LogP contribution in [0.3, 0.4) is 0 Å². The van der Waals surface area contributed by atoms with Gasteiger partial charge < -0.3 is 9.32 Å². The number of rotatable bonds is 3. The lowest BCUT2D eigenvalue weighted by Crippen LogP contribution is -2.53. The summed E-state index contributed by atoms with van der Waals surface area (Å²) in [6, 6.07) is 6.22. The lowest BCUT2D eigenvalue weighted by atomic mass is 9.73. The molecule has 0 radical (unpaired) electrons. The van der Waals surface area contributed by atoms with Gasteiger partial charge >= 0.3 is 0 Å². The van der Waals surface area contributed by atoms with Gasteiger partial charge in [-0.05, 0) is 51.3 Å². The van der Waals surface area contributed by atoms with Crippen molar-refractivity contribution in [2.24, 2.45) is 5.41 Å². The third kappa shape index (κ3) is 3.65. The Morgan fingerprint density at radius 3 is 2.85 bits per heavy atom. The normalized spacial score (nSPS) is 24.1. The molecule has 1 atom stereocenters. The van der Waals surface area contributed by atoms with Crippen LogP contribution in [0.1, 0.15) is 47.6 Å². The van der Waals surface area contributed by atoms with Crippen molar-refractivity contribution in [1.82, 2.24) is 19.8 Å². The standard InChI is InChI=1S/C20H26N4O2/c1-16-5-2-6-17(22-16)12-23-9-3-7-20(13-23)8-4-10-24(14-20)19(25)18-11-21-15-26-18/h2,5-6,11,15H,3-4,7-10,12-14H2,1H3. The fraction of sp³-hybridized carbons (Fsp3) is 0.550. The Bertz CT molecular complexity index is 757. The zero-order valence-electron chi connectivity index (χ0n) is 15.4. The summed E-state index contributed by atoms with van der Waals surface area (Å²) in [5, 5.41) is 0. The summed E-state index contributed by atoms with van der Waals surface area (Å²) in [6.45, 7) is 6.68. The predicted molar refractivity (Wildman–Crippen MR) is 97.6 cm³/mol. The maximum absolute atomic E-state index is 12.7. The van der Waals surface area contributed by atoms with Crippen molar-refractivity contribution in [3.8, 4) is 0 Å². The minimum atomic E-state index is -0.0287. The van der Waals surface area contributed by atoms with E-state index in [1.165, 1.54) is 31.9 Å². The highest BCUT2D eigenvalue weighted by atomic mass is 16.3. The van der Waals surface area contributed by atoms with E-state index in [2.05, 4.69) is 27.0 Å². The molecule has 1 amide bonds. The van der Waals surface area contributed by atoms with Crippen LogP contribution in [0, 0.1) is 12.3 Å². The van der Waals surface area contributed by atoms with Crippen LogP contribution in [0.4, 0.5) is 0 Å². The number of aryl methyl sites for hydroxylation is 1. The van der Waals surface area contributed by atoms with E-state index in [4.69, 9.17) is 4.42 Å². The Kier molecular flexibility index (Phi) is 4.76. The molecule has 0 bridgehead atoms. The second-order valence-corrected chi connectivity index (χ2v) is 7.78. The number of likely N-dealkylation sites (tertiary alicyclic amines) is 2. The van der Waals surface area contributed by atoms with Gasteiger partial charge in [-0.2, -0.15) is 0 Å². The zero-order valence-corrected chi connectivity index (χ0v) is 15.4. The van der Waals surface area contributed by atoms with Crippen LogP contribution in [0.15, 0.2) is 35.2 Å². The minimum Gasteiger partial charge on any atom is -0.438 e. The Labute approximate surface area is 154 Å². The van der Waals surface area contributed by atoms with Crippen LogP contribution >= 0.6 is 0 Å². The van der Waals surface area contributed by atoms with E-state index in [-0.39, 0.29) is 11.3 Å². The predicted octanol–water partition coefficient (Wildman–Crippen LogP) is 2.90. The van der Waals surface area contributed by atoms with Gasteiger partial charge in [0.15, 0.2) is 6.39 Å². The van der Waals surface area contributed by atoms with Gasteiger partial charge in [0.05, 0.1) is 11.9 Å². The second-order valence-electron chi connectivity index (χ2n) is 7.78. The molecule has 1 spiro atoms. The van der Waals surface area contributed by atoms with Gasteiger partial charge in [0.25, 0.3) is 5.91 Å². The molecule has 2 aliphatic rings. The summed E-state index contributed by atoms with van der Waals surface area (Å²) < 4.78 is 5.21. The highest BCUT2D eigenvalue weighted by Gasteiger charge is 2.41. The average Bonchev–Trinajstić information content (AvgIpc) is 3.16. The van der Waals surface area contributed by atoms with E-state index in [9.17, 15) is 4.79 Å². The molecule has 0 N–H and O–H groups in total. The van der Waals surface area contributed by atoms with Crippen molar-refractivity contribution in [2.45, 2.75) is 39.2 Å². The lowest BCUT2D eigenvalue weighted by molar-refractivity contribution is 0.00966. The van der Waals surface area contributed by atoms with Crippen molar-refractivity contribution in [3.63, 3.8) is 0 Å². The van der Waals surface area contributed by atoms with Crippen LogP contribution in [0.25, 0.3) is 0 Å². The molecule has 4 heterocycles. The van der Waals surface area contributed by atoms with Gasteiger partial charge in [-0.3, -0.25) is 14.7 Å². The third-order valence-corrected chi connectivity index (χ3v) is 5.66. The van der Waals surface area contributed by atoms with E-state index in [0.29, 0.717) is 5.76 Å². The molecule has 2 aliphatic heterocycles. The number of carbonyl (C=O) groups excluding carboxylic acids is 1. The molecule has 2 fully saturated rings. The van der Waals surface area contributed by atoms with E-state index in [1.54, 1.807) is 0 Å². The largest absolute Gasteiger partial charge is 0.438 e. The first-order chi connectivity index (χ1) is 12.6. The monoisotopic (exact) mass is 354 g/mol. The van der Waals surface area contributed by atoms with Crippen molar-refractivity contribution >= 4 is 5.91 Å². The molecule has 2 aromatic heterocycles. The first-order valence-electron chi connectivity index (χ1n) is 9.46. The summed E-state index contributed by atoms with van der Waals surface area (Å²) in [4.78, 5) is 25.7. The van der Waals surface area contributed by atoms with Gasteiger partial charge in [0.2, 0.25) is 5.76 Å². The maximum Gasteiger partial charge on any atom is 0.291 e. The summed E-state index contributed by atoms with van der Waals surface area (Å²) in [6.07, 6.45) is 7.44. The van der Waals surface area contributed by atoms with E-state index in [0.717, 1.165) is 50.5 Å². The van der Waals surface area contributed by atoms with Gasteiger partial charge in [-0.15, -0.1) is 0 Å². The smallest absolute Gasteiger partial charge is 0.291 e. The zero-order chi connectivity index (χ0) is 18.0. The summed E-state index contributed by atoms with van der Waals surface area (Å²) >= 11 is 0. The van der Waals surface area contributed by atoms with Gasteiger partial charge in [0, 0.05) is 37.3 Å². The van der Waals surface area contributed by atoms with Crippen LogP contribution in [0.5, 0.6) is 0 Å². The molecule has 0 aliphatic carbocycles. The Balaban J connectivity index is 1.44. The van der Waals surface area contributed by atoms with Crippen LogP contribution < -0.4 is 0 Å². The van der Waals surface area contributed by atoms with Gasteiger partial charge in [0.1, 0.15) is 0 Å². The fourth-order valence-corrected chi connectivity index (χ4v) is 4.55. The maximum atomic E-state index is 12.7. The number of hydrogen-bond donors (Lipinski definition) is 0. The van der Waals surface area contributed by atoms with Crippen molar-refractivity contribution in [3.05, 3.63) is 47.9 Å². The molecule has 6 nitrogen and oxygen atoms in total. The SMILES string of the molecule is Cc1cccc(CN2CCCC3(CCCN(C(=O)c4cnco4)C3)C2)n1. The second kappa shape index (κ2) is 7.19. The lowest BCUT2D eigenvalue weighted by Gasteiger charge is -2.48. The number of oxazole rings is 1. The third-order valence-electron chi connectivity index (χ3n) is 5.66. The quantitative estimate of drug-likeness (QED) is 0.848. The number of nitrogens with zero attached hydrogens (tertiary/aromatic N) is 4. The summed E-state index contributed by atoms with van der Waals surface area (Å²) in [5.41, 5.74) is 2.39. The van der Waals surface area contributed by atoms with Crippen molar-refractivity contribution < 1.29 is 9.21 Å². The molecule has 4 rings (SSSR count). The molecule has 6 heteroatoms. The van der Waals surface area contributed by atoms with Gasteiger partial charge in [-0.25, -0.2) is 4.98 Å². The molecule has 2 aromatic rings. The number of carbonyl (C=O) groups is 1. The fourth-order valence-electron chi connectivity index (χ4n) is 4.55. The summed E-state index contributed by atoms with van der Waals surface area (Å²) in [7, 11) is 0. The topological polar surface area (TPSA) is 62.5 Å². The van der Waals surface area contributed by atoms with Crippen molar-refractivity contribution in [2.75, 3.05) is 26.2 Å². The number of piperidine rings is 2. The molecule has 0 saturated carbocycles. The van der Waals surface area contributed by atoms with Crippen molar-refractivity contribution in [1.29, 1.82) is 0 Å². The molecule has 138 valence electrons. The average molecular weight is 354 g/mol. The Hall–Kier alpha value is -2.21. The number of pyridine rings is 1. The highest BCUT2D eigenvalue weighted by Crippen LogP contribution is 2.39. The van der Waals surface area contributed by atoms with E-state index in [1.807, 2.05) is 17.9 Å². The van der Waals surface area contributed by atoms with E-state index >= 15 is 0 Å². The van der Waals surface area contributed by atoms with E-state index < -0.39 is 0 Å². The molecule has 26 heavy (non-hydrogen) atoms. The number of hydrogen-bond acceptors (Lipinski definition) is 5. The molecule has 1 unspecified atom stereocenters. The first-order valence-corrected chi connectivity index (χ1v) is 9.46. The first kappa shape index (κ1) is 17.2. The molecule has 2 saturated heterocycles.